The molecule has 0 aliphatic rings. The van der Waals surface area contributed by atoms with Crippen LogP contribution < -0.4 is 0 Å². The highest BCUT2D eigenvalue weighted by atomic mass is 19.1. The van der Waals surface area contributed by atoms with Gasteiger partial charge in [0.1, 0.15) is 5.82 Å². The lowest BCUT2D eigenvalue weighted by Crippen LogP contribution is -2.11. The van der Waals surface area contributed by atoms with Crippen molar-refractivity contribution in [1.82, 2.24) is 10.2 Å². The van der Waals surface area contributed by atoms with Crippen molar-refractivity contribution in [3.63, 3.8) is 0 Å². The summed E-state index contributed by atoms with van der Waals surface area (Å²) in [6.45, 7) is 7.88. The molecule has 1 unspecified atom stereocenters. The second kappa shape index (κ2) is 4.78. The van der Waals surface area contributed by atoms with Crippen LogP contribution >= 0.6 is 0 Å². The lowest BCUT2D eigenvalue weighted by atomic mass is 9.91. The third-order valence-corrected chi connectivity index (χ3v) is 3.13. The molecule has 0 bridgehead atoms. The van der Waals surface area contributed by atoms with Gasteiger partial charge in [-0.25, -0.2) is 4.39 Å². The summed E-state index contributed by atoms with van der Waals surface area (Å²) in [5.74, 6) is -0.355. The number of benzene rings is 1. The zero-order valence-corrected chi connectivity index (χ0v) is 11.7. The molecule has 0 aliphatic carbocycles. The summed E-state index contributed by atoms with van der Waals surface area (Å²) in [4.78, 5) is 0. The average Bonchev–Trinajstić information content (AvgIpc) is 2.77. The SMILES string of the molecule is CC(O)c1cc(F)ccc1-c1cc(C(C)(C)C)[nH]n1. The summed E-state index contributed by atoms with van der Waals surface area (Å²) in [5.41, 5.74) is 3.00. The Morgan fingerprint density at radius 2 is 1.95 bits per heavy atom. The average molecular weight is 262 g/mol. The molecule has 1 aromatic heterocycles. The van der Waals surface area contributed by atoms with Crippen molar-refractivity contribution in [1.29, 1.82) is 0 Å². The van der Waals surface area contributed by atoms with Gasteiger partial charge in [0.2, 0.25) is 0 Å². The minimum Gasteiger partial charge on any atom is -0.389 e. The van der Waals surface area contributed by atoms with Crippen LogP contribution in [0.15, 0.2) is 24.3 Å². The molecular formula is C15H19FN2O. The van der Waals surface area contributed by atoms with Crippen LogP contribution in [0, 0.1) is 5.82 Å². The molecule has 2 aromatic rings. The lowest BCUT2D eigenvalue weighted by Gasteiger charge is -2.14. The second-order valence-corrected chi connectivity index (χ2v) is 5.82. The Hall–Kier alpha value is -1.68. The molecular weight excluding hydrogens is 243 g/mol. The quantitative estimate of drug-likeness (QED) is 0.869. The maximum Gasteiger partial charge on any atom is 0.123 e. The first-order chi connectivity index (χ1) is 8.79. The second-order valence-electron chi connectivity index (χ2n) is 5.82. The summed E-state index contributed by atoms with van der Waals surface area (Å²) < 4.78 is 13.3. The number of halogens is 1. The topological polar surface area (TPSA) is 48.9 Å². The van der Waals surface area contributed by atoms with Crippen molar-refractivity contribution < 1.29 is 9.50 Å². The number of aromatic amines is 1. The Morgan fingerprint density at radius 3 is 2.47 bits per heavy atom. The first kappa shape index (κ1) is 13.7. The number of hydrogen-bond acceptors (Lipinski definition) is 2. The Morgan fingerprint density at radius 1 is 1.26 bits per heavy atom. The largest absolute Gasteiger partial charge is 0.389 e. The Kier molecular flexibility index (Phi) is 3.45. The molecule has 19 heavy (non-hydrogen) atoms. The first-order valence-electron chi connectivity index (χ1n) is 6.33. The first-order valence-corrected chi connectivity index (χ1v) is 6.33. The summed E-state index contributed by atoms with van der Waals surface area (Å²) in [6, 6.07) is 6.33. The predicted molar refractivity (Wildman–Crippen MR) is 73.3 cm³/mol. The molecule has 3 nitrogen and oxygen atoms in total. The summed E-state index contributed by atoms with van der Waals surface area (Å²) >= 11 is 0. The maximum absolute atomic E-state index is 13.3. The van der Waals surface area contributed by atoms with E-state index in [1.54, 1.807) is 13.0 Å². The summed E-state index contributed by atoms with van der Waals surface area (Å²) in [5, 5.41) is 17.0. The van der Waals surface area contributed by atoms with Crippen molar-refractivity contribution in [2.45, 2.75) is 39.2 Å². The molecule has 0 saturated heterocycles. The number of nitrogens with one attached hydrogen (secondary N) is 1. The van der Waals surface area contributed by atoms with E-state index in [0.29, 0.717) is 5.56 Å². The number of rotatable bonds is 2. The van der Waals surface area contributed by atoms with Crippen LogP contribution in [0.4, 0.5) is 4.39 Å². The molecule has 4 heteroatoms. The molecule has 1 aromatic carbocycles. The normalized spacial score (nSPS) is 13.6. The van der Waals surface area contributed by atoms with E-state index in [-0.39, 0.29) is 11.2 Å². The Balaban J connectivity index is 2.50. The van der Waals surface area contributed by atoms with Crippen LogP contribution in [0.2, 0.25) is 0 Å². The molecule has 0 spiro atoms. The number of aliphatic hydroxyl groups is 1. The fourth-order valence-electron chi connectivity index (χ4n) is 1.96. The van der Waals surface area contributed by atoms with Crippen LogP contribution in [0.3, 0.4) is 0 Å². The van der Waals surface area contributed by atoms with Gasteiger partial charge in [0.05, 0.1) is 11.8 Å². The molecule has 2 rings (SSSR count). The zero-order valence-electron chi connectivity index (χ0n) is 11.7. The highest BCUT2D eigenvalue weighted by Gasteiger charge is 2.19. The van der Waals surface area contributed by atoms with E-state index in [4.69, 9.17) is 0 Å². The van der Waals surface area contributed by atoms with Gasteiger partial charge >= 0.3 is 0 Å². The molecule has 0 saturated carbocycles. The monoisotopic (exact) mass is 262 g/mol. The fraction of sp³-hybridized carbons (Fsp3) is 0.400. The fourth-order valence-corrected chi connectivity index (χ4v) is 1.96. The van der Waals surface area contributed by atoms with Crippen molar-refractivity contribution in [3.05, 3.63) is 41.3 Å². The van der Waals surface area contributed by atoms with E-state index < -0.39 is 6.10 Å². The smallest absolute Gasteiger partial charge is 0.123 e. The lowest BCUT2D eigenvalue weighted by molar-refractivity contribution is 0.199. The molecule has 1 atom stereocenters. The standard InChI is InChI=1S/C15H19FN2O/c1-9(19)12-7-10(16)5-6-11(12)13-8-14(18-17-13)15(2,3)4/h5-9,19H,1-4H3,(H,17,18). The van der Waals surface area contributed by atoms with Crippen LogP contribution in [0.5, 0.6) is 0 Å². The van der Waals surface area contributed by atoms with E-state index in [1.165, 1.54) is 12.1 Å². The van der Waals surface area contributed by atoms with Crippen molar-refractivity contribution in [2.75, 3.05) is 0 Å². The summed E-state index contributed by atoms with van der Waals surface area (Å²) in [6.07, 6.45) is -0.736. The van der Waals surface area contributed by atoms with Crippen LogP contribution in [-0.2, 0) is 5.41 Å². The number of aromatic nitrogens is 2. The zero-order chi connectivity index (χ0) is 14.2. The highest BCUT2D eigenvalue weighted by molar-refractivity contribution is 5.64. The molecule has 0 amide bonds. The van der Waals surface area contributed by atoms with Crippen LogP contribution in [0.25, 0.3) is 11.3 Å². The van der Waals surface area contributed by atoms with E-state index in [1.807, 2.05) is 6.07 Å². The van der Waals surface area contributed by atoms with Gasteiger partial charge in [-0.1, -0.05) is 20.8 Å². The van der Waals surface area contributed by atoms with Gasteiger partial charge in [-0.2, -0.15) is 5.10 Å². The summed E-state index contributed by atoms with van der Waals surface area (Å²) in [7, 11) is 0. The van der Waals surface area contributed by atoms with Gasteiger partial charge in [-0.3, -0.25) is 5.10 Å². The van der Waals surface area contributed by atoms with Crippen LogP contribution in [-0.4, -0.2) is 15.3 Å². The van der Waals surface area contributed by atoms with Gasteiger partial charge in [-0.15, -0.1) is 0 Å². The van der Waals surface area contributed by atoms with Crippen molar-refractivity contribution >= 4 is 0 Å². The maximum atomic E-state index is 13.3. The predicted octanol–water partition coefficient (Wildman–Crippen LogP) is 3.57. The number of hydrogen-bond donors (Lipinski definition) is 2. The minimum absolute atomic E-state index is 0.0315. The van der Waals surface area contributed by atoms with Gasteiger partial charge in [0.25, 0.3) is 0 Å². The van der Waals surface area contributed by atoms with Gasteiger partial charge in [0.15, 0.2) is 0 Å². The molecule has 0 aliphatic heterocycles. The Bertz CT molecular complexity index is 582. The molecule has 1 heterocycles. The van der Waals surface area contributed by atoms with Crippen molar-refractivity contribution in [3.8, 4) is 11.3 Å². The van der Waals surface area contributed by atoms with Gasteiger partial charge in [0, 0.05) is 16.7 Å². The molecule has 0 fully saturated rings. The van der Waals surface area contributed by atoms with E-state index in [2.05, 4.69) is 31.0 Å². The molecule has 0 radical (unpaired) electrons. The number of nitrogens with zero attached hydrogens (tertiary/aromatic N) is 1. The van der Waals surface area contributed by atoms with E-state index in [9.17, 15) is 9.50 Å². The third kappa shape index (κ3) is 2.84. The van der Waals surface area contributed by atoms with E-state index in [0.717, 1.165) is 17.0 Å². The molecule has 2 N–H and O–H groups in total. The van der Waals surface area contributed by atoms with Crippen molar-refractivity contribution in [2.24, 2.45) is 0 Å². The minimum atomic E-state index is -0.736. The Labute approximate surface area is 112 Å². The number of aliphatic hydroxyl groups excluding tert-OH is 1. The van der Waals surface area contributed by atoms with Gasteiger partial charge < -0.3 is 5.11 Å². The third-order valence-electron chi connectivity index (χ3n) is 3.13. The van der Waals surface area contributed by atoms with Gasteiger partial charge in [-0.05, 0) is 36.8 Å². The number of H-pyrrole nitrogens is 1. The highest BCUT2D eigenvalue weighted by Crippen LogP contribution is 2.30. The van der Waals surface area contributed by atoms with E-state index >= 15 is 0 Å². The molecule has 102 valence electrons. The van der Waals surface area contributed by atoms with Crippen LogP contribution in [0.1, 0.15) is 45.1 Å².